The van der Waals surface area contributed by atoms with Crippen LogP contribution in [0.25, 0.3) is 11.1 Å². The maximum atomic E-state index is 14.0. The smallest absolute Gasteiger partial charge is 0.304 e. The molecule has 1 saturated carbocycles. The molecule has 2 amide bonds. The molecule has 0 saturated heterocycles. The highest BCUT2D eigenvalue weighted by molar-refractivity contribution is 7.89. The molecular formula is C37H48N4O6S. The van der Waals surface area contributed by atoms with E-state index in [1.807, 2.05) is 37.2 Å². The highest BCUT2D eigenvalue weighted by Crippen LogP contribution is 2.27. The molecule has 1 aliphatic rings. The van der Waals surface area contributed by atoms with Crippen LogP contribution >= 0.6 is 0 Å². The van der Waals surface area contributed by atoms with Gasteiger partial charge in [0.15, 0.2) is 0 Å². The molecule has 0 heterocycles. The summed E-state index contributed by atoms with van der Waals surface area (Å²) in [5.41, 5.74) is 3.77. The van der Waals surface area contributed by atoms with Crippen LogP contribution in [0.2, 0.25) is 0 Å². The summed E-state index contributed by atoms with van der Waals surface area (Å²) < 4.78 is 27.8. The van der Waals surface area contributed by atoms with Crippen LogP contribution < -0.4 is 10.0 Å². The molecule has 1 aliphatic carbocycles. The van der Waals surface area contributed by atoms with E-state index in [1.165, 1.54) is 24.3 Å². The molecule has 4 rings (SSSR count). The lowest BCUT2D eigenvalue weighted by Gasteiger charge is -2.36. The van der Waals surface area contributed by atoms with E-state index >= 15 is 0 Å². The van der Waals surface area contributed by atoms with Crippen molar-refractivity contribution < 1.29 is 27.9 Å². The highest BCUT2D eigenvalue weighted by atomic mass is 32.2. The largest absolute Gasteiger partial charge is 0.481 e. The molecule has 48 heavy (non-hydrogen) atoms. The van der Waals surface area contributed by atoms with Gasteiger partial charge in [-0.2, -0.15) is 0 Å². The van der Waals surface area contributed by atoms with Crippen LogP contribution in [0.15, 0.2) is 83.8 Å². The van der Waals surface area contributed by atoms with Gasteiger partial charge in [-0.1, -0.05) is 73.9 Å². The lowest BCUT2D eigenvalue weighted by atomic mass is 9.90. The quantitative estimate of drug-likeness (QED) is 0.174. The number of carboxylic acid groups (broad SMARTS) is 1. The van der Waals surface area contributed by atoms with Crippen molar-refractivity contribution in [2.24, 2.45) is 5.92 Å². The van der Waals surface area contributed by atoms with Crippen molar-refractivity contribution >= 4 is 33.5 Å². The second kappa shape index (κ2) is 17.9. The maximum absolute atomic E-state index is 14.0. The fourth-order valence-corrected chi connectivity index (χ4v) is 7.17. The molecule has 0 bridgehead atoms. The topological polar surface area (TPSA) is 136 Å². The second-order valence-electron chi connectivity index (χ2n) is 12.8. The summed E-state index contributed by atoms with van der Waals surface area (Å²) in [5, 5.41) is 12.5. The lowest BCUT2D eigenvalue weighted by Crippen LogP contribution is -2.48. The number of nitrogens with zero attached hydrogens (tertiary/aromatic N) is 2. The fraction of sp³-hybridized carbons (Fsp3) is 0.432. The average molecular weight is 677 g/mol. The van der Waals surface area contributed by atoms with Crippen LogP contribution in [0, 0.1) is 5.92 Å². The van der Waals surface area contributed by atoms with Crippen LogP contribution in [0.3, 0.4) is 0 Å². The van der Waals surface area contributed by atoms with Crippen molar-refractivity contribution in [3.8, 4) is 11.1 Å². The Balaban J connectivity index is 1.39. The van der Waals surface area contributed by atoms with Crippen LogP contribution in [0.4, 0.5) is 5.69 Å². The fourth-order valence-electron chi connectivity index (χ4n) is 6.14. The number of likely N-dealkylation sites (N-methyl/N-ethyl adjacent to an activating group) is 1. The lowest BCUT2D eigenvalue weighted by molar-refractivity contribution is -0.147. The third kappa shape index (κ3) is 11.3. The van der Waals surface area contributed by atoms with Crippen molar-refractivity contribution in [2.45, 2.75) is 68.7 Å². The zero-order chi connectivity index (χ0) is 34.5. The van der Waals surface area contributed by atoms with E-state index in [1.54, 1.807) is 4.90 Å². The second-order valence-corrected chi connectivity index (χ2v) is 14.5. The molecule has 0 aromatic heterocycles. The number of aliphatic carboxylic acids is 1. The Morgan fingerprint density at radius 1 is 0.875 bits per heavy atom. The number of aryl methyl sites for hydroxylation is 1. The van der Waals surface area contributed by atoms with Gasteiger partial charge >= 0.3 is 5.97 Å². The van der Waals surface area contributed by atoms with Gasteiger partial charge in [-0.05, 0) is 87.2 Å². The van der Waals surface area contributed by atoms with Crippen LogP contribution in [0.1, 0.15) is 56.9 Å². The van der Waals surface area contributed by atoms with Crippen molar-refractivity contribution in [3.63, 3.8) is 0 Å². The van der Waals surface area contributed by atoms with Crippen molar-refractivity contribution in [1.29, 1.82) is 0 Å². The molecule has 0 spiro atoms. The number of carbonyl (C=O) groups is 3. The SMILES string of the molecule is CN(C)CCNS(=O)(=O)c1ccc(NC(=O)CN(C(=O)C(CCCc2ccc(-c3ccccc3)cc2)CC(=O)O)C2CCCCC2)cc1. The molecule has 0 aliphatic heterocycles. The summed E-state index contributed by atoms with van der Waals surface area (Å²) in [4.78, 5) is 42.7. The van der Waals surface area contributed by atoms with E-state index in [4.69, 9.17) is 0 Å². The van der Waals surface area contributed by atoms with Gasteiger partial charge in [-0.25, -0.2) is 13.1 Å². The molecule has 1 fully saturated rings. The van der Waals surface area contributed by atoms with Gasteiger partial charge in [0.2, 0.25) is 21.8 Å². The molecule has 1 atom stereocenters. The molecule has 11 heteroatoms. The minimum Gasteiger partial charge on any atom is -0.481 e. The normalized spacial score (nSPS) is 14.4. The monoisotopic (exact) mass is 676 g/mol. The van der Waals surface area contributed by atoms with E-state index < -0.39 is 27.8 Å². The first-order chi connectivity index (χ1) is 23.0. The first kappa shape index (κ1) is 36.8. The molecule has 3 aromatic rings. The number of hydrogen-bond donors (Lipinski definition) is 3. The summed E-state index contributed by atoms with van der Waals surface area (Å²) in [6.45, 7) is 0.621. The van der Waals surface area contributed by atoms with Gasteiger partial charge in [0.1, 0.15) is 6.54 Å². The summed E-state index contributed by atoms with van der Waals surface area (Å²) in [6.07, 6.45) is 5.92. The van der Waals surface area contributed by atoms with Gasteiger partial charge in [0.05, 0.1) is 11.3 Å². The van der Waals surface area contributed by atoms with Crippen molar-refractivity contribution in [3.05, 3.63) is 84.4 Å². The number of benzene rings is 3. The number of nitrogens with one attached hydrogen (secondary N) is 2. The Morgan fingerprint density at radius 2 is 1.52 bits per heavy atom. The Bertz CT molecular complexity index is 1590. The third-order valence-corrected chi connectivity index (χ3v) is 10.2. The van der Waals surface area contributed by atoms with Crippen LogP contribution in [-0.4, -0.2) is 80.9 Å². The molecule has 3 N–H and O–H groups in total. The molecule has 1 unspecified atom stereocenters. The minimum atomic E-state index is -3.69. The molecule has 3 aromatic carbocycles. The number of hydrogen-bond acceptors (Lipinski definition) is 6. The molecule has 258 valence electrons. The van der Waals surface area contributed by atoms with E-state index in [0.717, 1.165) is 48.8 Å². The summed E-state index contributed by atoms with van der Waals surface area (Å²) in [5.74, 6) is -2.50. The maximum Gasteiger partial charge on any atom is 0.304 e. The first-order valence-corrected chi connectivity index (χ1v) is 18.2. The van der Waals surface area contributed by atoms with E-state index in [0.29, 0.717) is 31.5 Å². The number of carboxylic acids is 1. The standard InChI is InChI=1S/C37H48N4O6S/c1-40(2)25-24-38-48(46,47)34-22-20-32(21-23-34)39-35(42)27-41(33-14-7-4-8-15-33)37(45)31(26-36(43)44)13-9-10-28-16-18-30(19-17-28)29-11-5-3-6-12-29/h3,5-6,11-12,16-23,31,33,38H,4,7-10,13-15,24-27H2,1-2H3,(H,39,42)(H,43,44). The Labute approximate surface area is 284 Å². The third-order valence-electron chi connectivity index (χ3n) is 8.76. The number of carbonyl (C=O) groups excluding carboxylic acids is 2. The van der Waals surface area contributed by atoms with E-state index in [-0.39, 0.29) is 36.4 Å². The summed E-state index contributed by atoms with van der Waals surface area (Å²) >= 11 is 0. The predicted octanol–water partition coefficient (Wildman–Crippen LogP) is 5.41. The zero-order valence-electron chi connectivity index (χ0n) is 27.9. The minimum absolute atomic E-state index is 0.0851. The Kier molecular flexibility index (Phi) is 13.7. The van der Waals surface area contributed by atoms with Crippen molar-refractivity contribution in [1.82, 2.24) is 14.5 Å². The van der Waals surface area contributed by atoms with Gasteiger partial charge < -0.3 is 20.2 Å². The Morgan fingerprint density at radius 3 is 2.15 bits per heavy atom. The highest BCUT2D eigenvalue weighted by Gasteiger charge is 2.33. The predicted molar refractivity (Wildman–Crippen MR) is 188 cm³/mol. The molecular weight excluding hydrogens is 628 g/mol. The van der Waals surface area contributed by atoms with E-state index in [2.05, 4.69) is 46.4 Å². The Hall–Kier alpha value is -4.06. The number of amides is 2. The molecule has 0 radical (unpaired) electrons. The number of sulfonamides is 1. The van der Waals surface area contributed by atoms with Gasteiger partial charge in [-0.3, -0.25) is 14.4 Å². The van der Waals surface area contributed by atoms with Crippen molar-refractivity contribution in [2.75, 3.05) is 39.0 Å². The molecule has 10 nitrogen and oxygen atoms in total. The average Bonchev–Trinajstić information content (AvgIpc) is 3.07. The summed E-state index contributed by atoms with van der Waals surface area (Å²) in [7, 11) is 0.0160. The van der Waals surface area contributed by atoms with Crippen LogP contribution in [0.5, 0.6) is 0 Å². The van der Waals surface area contributed by atoms with E-state index in [9.17, 15) is 27.9 Å². The van der Waals surface area contributed by atoms with Gasteiger partial charge in [0, 0.05) is 30.7 Å². The number of anilines is 1. The summed E-state index contributed by atoms with van der Waals surface area (Å²) in [6, 6.07) is 24.1. The number of rotatable bonds is 17. The van der Waals surface area contributed by atoms with Gasteiger partial charge in [0.25, 0.3) is 0 Å². The first-order valence-electron chi connectivity index (χ1n) is 16.7. The zero-order valence-corrected chi connectivity index (χ0v) is 28.8. The van der Waals surface area contributed by atoms with Gasteiger partial charge in [-0.15, -0.1) is 0 Å². The van der Waals surface area contributed by atoms with Crippen LogP contribution in [-0.2, 0) is 30.8 Å².